The third kappa shape index (κ3) is 7.84. The van der Waals surface area contributed by atoms with Crippen LogP contribution in [-0.2, 0) is 19.7 Å². The van der Waals surface area contributed by atoms with Crippen molar-refractivity contribution in [3.05, 3.63) is 18.2 Å². The Morgan fingerprint density at radius 2 is 1.57 bits per heavy atom. The maximum Gasteiger partial charge on any atom is 1.00 e. The first kappa shape index (κ1) is 22.6. The van der Waals surface area contributed by atoms with E-state index in [4.69, 9.17) is 23.2 Å². The van der Waals surface area contributed by atoms with Gasteiger partial charge in [-0.25, -0.2) is 8.42 Å². The predicted octanol–water partition coefficient (Wildman–Crippen LogP) is -1.27. The molecule has 0 heterocycles. The van der Waals surface area contributed by atoms with E-state index in [2.05, 4.69) is 10.6 Å². The molecule has 2 amide bonds. The summed E-state index contributed by atoms with van der Waals surface area (Å²) < 4.78 is 33.9. The minimum absolute atomic E-state index is 0. The summed E-state index contributed by atoms with van der Waals surface area (Å²) >= 11 is 10.8. The summed E-state index contributed by atoms with van der Waals surface area (Å²) in [5.41, 5.74) is -0.0552. The van der Waals surface area contributed by atoms with Crippen LogP contribution in [0.25, 0.3) is 0 Å². The first-order valence-corrected chi connectivity index (χ1v) is 8.57. The minimum Gasteiger partial charge on any atom is -0.744 e. The molecule has 0 saturated heterocycles. The second-order valence-electron chi connectivity index (χ2n) is 4.14. The van der Waals surface area contributed by atoms with Gasteiger partial charge in [0.05, 0.1) is 10.6 Å². The Bertz CT molecular complexity index is 669. The Labute approximate surface area is 166 Å². The van der Waals surface area contributed by atoms with Gasteiger partial charge in [-0.15, -0.1) is 23.2 Å². The van der Waals surface area contributed by atoms with E-state index < -0.39 is 26.8 Å². The van der Waals surface area contributed by atoms with Crippen LogP contribution in [0.3, 0.4) is 0 Å². The monoisotopic (exact) mass is 390 g/mol. The molecule has 7 nitrogen and oxygen atoms in total. The Morgan fingerprint density at radius 3 is 2.04 bits per heavy atom. The third-order valence-corrected chi connectivity index (χ3v) is 3.71. The van der Waals surface area contributed by atoms with Crippen LogP contribution in [0.1, 0.15) is 12.8 Å². The number of nitrogens with one attached hydrogen (secondary N) is 2. The van der Waals surface area contributed by atoms with Crippen LogP contribution in [0.15, 0.2) is 23.1 Å². The zero-order valence-electron chi connectivity index (χ0n) is 12.3. The fraction of sp³-hybridized carbons (Fsp3) is 0.333. The number of rotatable bonds is 7. The van der Waals surface area contributed by atoms with Crippen molar-refractivity contribution in [3.63, 3.8) is 0 Å². The molecule has 1 aromatic carbocycles. The van der Waals surface area contributed by atoms with Gasteiger partial charge in [-0.2, -0.15) is 0 Å². The summed E-state index contributed by atoms with van der Waals surface area (Å²) in [5, 5.41) is 4.69. The van der Waals surface area contributed by atoms with E-state index in [1.807, 2.05) is 0 Å². The number of hydrogen-bond donors (Lipinski definition) is 2. The van der Waals surface area contributed by atoms with E-state index in [0.717, 1.165) is 6.07 Å². The summed E-state index contributed by atoms with van der Waals surface area (Å²) in [6.45, 7) is 0. The van der Waals surface area contributed by atoms with Gasteiger partial charge in [-0.1, -0.05) is 0 Å². The summed E-state index contributed by atoms with van der Waals surface area (Å²) in [6.07, 6.45) is 0.00331. The fourth-order valence-corrected chi connectivity index (χ4v) is 2.52. The van der Waals surface area contributed by atoms with Crippen molar-refractivity contribution in [2.45, 2.75) is 17.7 Å². The normalized spacial score (nSPS) is 10.6. The predicted molar refractivity (Wildman–Crippen MR) is 82.3 cm³/mol. The molecule has 0 fully saturated rings. The van der Waals surface area contributed by atoms with Gasteiger partial charge in [0.15, 0.2) is 0 Å². The summed E-state index contributed by atoms with van der Waals surface area (Å²) in [7, 11) is -4.84. The average Bonchev–Trinajstić information content (AvgIpc) is 2.39. The molecule has 0 aliphatic rings. The molecular formula is C12H13Cl2N2NaO5S. The number of anilines is 2. The number of alkyl halides is 2. The van der Waals surface area contributed by atoms with Crippen molar-refractivity contribution >= 4 is 56.5 Å². The van der Waals surface area contributed by atoms with E-state index in [-0.39, 0.29) is 65.5 Å². The van der Waals surface area contributed by atoms with Crippen molar-refractivity contribution in [2.75, 3.05) is 22.4 Å². The number of carbonyl (C=O) groups is 2. The summed E-state index contributed by atoms with van der Waals surface area (Å²) in [4.78, 5) is 22.2. The number of carbonyl (C=O) groups excluding carboxylic acids is 2. The van der Waals surface area contributed by atoms with E-state index >= 15 is 0 Å². The van der Waals surface area contributed by atoms with Gasteiger partial charge in [0.25, 0.3) is 0 Å². The molecule has 0 bridgehead atoms. The van der Waals surface area contributed by atoms with Gasteiger partial charge in [-0.3, -0.25) is 9.59 Å². The smallest absolute Gasteiger partial charge is 0.744 e. The Kier molecular flexibility index (Phi) is 10.3. The molecule has 1 aromatic rings. The Hall–Kier alpha value is -0.350. The molecule has 23 heavy (non-hydrogen) atoms. The molecule has 0 atom stereocenters. The van der Waals surface area contributed by atoms with Crippen molar-refractivity contribution in [2.24, 2.45) is 0 Å². The average molecular weight is 391 g/mol. The molecular weight excluding hydrogens is 378 g/mol. The van der Waals surface area contributed by atoms with Gasteiger partial charge in [0.2, 0.25) is 11.8 Å². The molecule has 0 saturated carbocycles. The molecule has 0 unspecified atom stereocenters. The molecule has 11 heteroatoms. The van der Waals surface area contributed by atoms with Crippen molar-refractivity contribution in [1.29, 1.82) is 0 Å². The van der Waals surface area contributed by atoms with Gasteiger partial charge in [-0.05, 0) is 18.2 Å². The molecule has 0 radical (unpaired) electrons. The zero-order valence-corrected chi connectivity index (χ0v) is 16.6. The summed E-state index contributed by atoms with van der Waals surface area (Å²) in [6, 6.07) is 3.55. The van der Waals surface area contributed by atoms with E-state index in [9.17, 15) is 22.6 Å². The fourth-order valence-electron chi connectivity index (χ4n) is 1.52. The van der Waals surface area contributed by atoms with E-state index in [1.165, 1.54) is 12.1 Å². The van der Waals surface area contributed by atoms with E-state index in [1.54, 1.807) is 0 Å². The van der Waals surface area contributed by atoms with Crippen LogP contribution in [0, 0.1) is 0 Å². The second-order valence-corrected chi connectivity index (χ2v) is 6.24. The molecule has 0 spiro atoms. The van der Waals surface area contributed by atoms with Crippen molar-refractivity contribution < 1.29 is 52.1 Å². The van der Waals surface area contributed by atoms with Crippen molar-refractivity contribution in [1.82, 2.24) is 0 Å². The molecule has 2 N–H and O–H groups in total. The Balaban J connectivity index is 0.00000484. The van der Waals surface area contributed by atoms with Crippen LogP contribution < -0.4 is 40.2 Å². The quantitative estimate of drug-likeness (QED) is 0.342. The van der Waals surface area contributed by atoms with Gasteiger partial charge >= 0.3 is 29.6 Å². The minimum atomic E-state index is -4.84. The van der Waals surface area contributed by atoms with Crippen LogP contribution in [0.2, 0.25) is 0 Å². The molecule has 0 aromatic heterocycles. The molecule has 1 rings (SSSR count). The Morgan fingerprint density at radius 1 is 1.04 bits per heavy atom. The largest absolute Gasteiger partial charge is 1.00 e. The zero-order chi connectivity index (χ0) is 16.8. The standard InChI is InChI=1S/C12H14Cl2N2O5S.Na/c13-5-3-11(17)15-8-1-2-9(16-12(18)4-6-14)10(7-8)22(19,20)21;/h1-2,7H,3-6H2,(H,15,17)(H,16,18)(H,19,20,21);/q;+1/p-1. The maximum absolute atomic E-state index is 11.5. The van der Waals surface area contributed by atoms with E-state index in [0.29, 0.717) is 0 Å². The first-order chi connectivity index (χ1) is 10.3. The van der Waals surface area contributed by atoms with Crippen molar-refractivity contribution in [3.8, 4) is 0 Å². The van der Waals surface area contributed by atoms with Crippen LogP contribution in [-0.4, -0.2) is 36.5 Å². The number of amides is 2. The van der Waals surface area contributed by atoms with Crippen LogP contribution >= 0.6 is 23.2 Å². The molecule has 122 valence electrons. The summed E-state index contributed by atoms with van der Waals surface area (Å²) in [5.74, 6) is -0.801. The maximum atomic E-state index is 11.5. The number of benzene rings is 1. The van der Waals surface area contributed by atoms with Crippen LogP contribution in [0.4, 0.5) is 11.4 Å². The third-order valence-electron chi connectivity index (χ3n) is 2.45. The molecule has 0 aliphatic carbocycles. The SMILES string of the molecule is O=C(CCCl)Nc1ccc(NC(=O)CCCl)c(S(=O)(=O)[O-])c1.[Na+]. The van der Waals surface area contributed by atoms with Crippen LogP contribution in [0.5, 0.6) is 0 Å². The van der Waals surface area contributed by atoms with Gasteiger partial charge in [0.1, 0.15) is 10.1 Å². The topological polar surface area (TPSA) is 115 Å². The van der Waals surface area contributed by atoms with Gasteiger partial charge in [0, 0.05) is 30.3 Å². The number of hydrogen-bond acceptors (Lipinski definition) is 5. The second kappa shape index (κ2) is 10.5. The number of halogens is 2. The first-order valence-electron chi connectivity index (χ1n) is 6.09. The van der Waals surface area contributed by atoms with Gasteiger partial charge < -0.3 is 15.2 Å². The molecule has 0 aliphatic heterocycles.